The smallest absolute Gasteiger partial charge is 0.317 e. The number of esters is 1. The summed E-state index contributed by atoms with van der Waals surface area (Å²) in [5, 5.41) is 0. The van der Waals surface area contributed by atoms with Crippen LogP contribution in [0.15, 0.2) is 24.3 Å². The third-order valence-corrected chi connectivity index (χ3v) is 6.34. The lowest BCUT2D eigenvalue weighted by Gasteiger charge is -2.58. The van der Waals surface area contributed by atoms with Gasteiger partial charge in [0.25, 0.3) is 0 Å². The van der Waals surface area contributed by atoms with Crippen LogP contribution in [-0.2, 0) is 4.79 Å². The van der Waals surface area contributed by atoms with Crippen LogP contribution >= 0.6 is 11.6 Å². The molecule has 4 aliphatic carbocycles. The van der Waals surface area contributed by atoms with Crippen molar-refractivity contribution in [2.45, 2.75) is 50.3 Å². The van der Waals surface area contributed by atoms with Crippen molar-refractivity contribution >= 4 is 23.4 Å². The van der Waals surface area contributed by atoms with E-state index in [1.807, 2.05) is 0 Å². The zero-order chi connectivity index (χ0) is 16.2. The molecule has 4 bridgehead atoms. The summed E-state index contributed by atoms with van der Waals surface area (Å²) in [4.78, 5) is 24.0. The van der Waals surface area contributed by atoms with Crippen LogP contribution in [0.1, 0.15) is 55.8 Å². The summed E-state index contributed by atoms with van der Waals surface area (Å²) < 4.78 is 5.67. The minimum absolute atomic E-state index is 0.00745. The molecular weight excluding hydrogens is 312 g/mol. The molecule has 122 valence electrons. The van der Waals surface area contributed by atoms with Gasteiger partial charge in [-0.15, -0.1) is 11.6 Å². The van der Waals surface area contributed by atoms with E-state index in [2.05, 4.69) is 0 Å². The summed E-state index contributed by atoms with van der Waals surface area (Å²) >= 11 is 6.78. The van der Waals surface area contributed by atoms with Gasteiger partial charge in [0.05, 0.1) is 5.41 Å². The zero-order valence-corrected chi connectivity index (χ0v) is 14.1. The van der Waals surface area contributed by atoms with Gasteiger partial charge in [0, 0.05) is 10.4 Å². The third kappa shape index (κ3) is 2.59. The number of carbonyl (C=O) groups is 2. The van der Waals surface area contributed by atoms with E-state index in [1.54, 1.807) is 24.3 Å². The van der Waals surface area contributed by atoms with Crippen LogP contribution in [-0.4, -0.2) is 16.6 Å². The van der Waals surface area contributed by atoms with Crippen molar-refractivity contribution in [3.63, 3.8) is 0 Å². The second kappa shape index (κ2) is 5.07. The molecule has 4 fully saturated rings. The molecule has 0 saturated heterocycles. The maximum Gasteiger partial charge on any atom is 0.317 e. The number of ketones is 1. The topological polar surface area (TPSA) is 43.4 Å². The SMILES string of the molecule is CC(=O)c1ccc(OC(=O)C23C[C@@H]4C[C@@H](CC(Cl)(C4)C2)C3)cc1. The quantitative estimate of drug-likeness (QED) is 0.357. The monoisotopic (exact) mass is 332 g/mol. The molecule has 0 N–H and O–H groups in total. The van der Waals surface area contributed by atoms with Crippen molar-refractivity contribution in [3.05, 3.63) is 29.8 Å². The number of carbonyl (C=O) groups excluding carboxylic acids is 2. The van der Waals surface area contributed by atoms with Crippen LogP contribution in [0, 0.1) is 17.3 Å². The van der Waals surface area contributed by atoms with E-state index in [9.17, 15) is 9.59 Å². The van der Waals surface area contributed by atoms with Crippen LogP contribution in [0.4, 0.5) is 0 Å². The highest BCUT2D eigenvalue weighted by molar-refractivity contribution is 6.24. The number of Topliss-reactive ketones (excluding diaryl/α,β-unsaturated/α-hetero) is 1. The highest BCUT2D eigenvalue weighted by atomic mass is 35.5. The molecule has 1 aromatic carbocycles. The summed E-state index contributed by atoms with van der Waals surface area (Å²) in [5.41, 5.74) is 0.227. The van der Waals surface area contributed by atoms with Crippen LogP contribution < -0.4 is 4.74 Å². The fraction of sp³-hybridized carbons (Fsp3) is 0.579. The molecule has 4 heteroatoms. The number of hydrogen-bond donors (Lipinski definition) is 0. The number of halogens is 1. The Morgan fingerprint density at radius 2 is 1.70 bits per heavy atom. The van der Waals surface area contributed by atoms with E-state index in [4.69, 9.17) is 16.3 Å². The average Bonchev–Trinajstić information content (AvgIpc) is 2.45. The predicted octanol–water partition coefficient (Wildman–Crippen LogP) is 4.37. The molecule has 4 saturated carbocycles. The lowest BCUT2D eigenvalue weighted by Crippen LogP contribution is -2.56. The standard InChI is InChI=1S/C19H21ClO3/c1-12(21)15-2-4-16(5-3-15)23-17(22)18-7-13-6-14(8-18)10-19(20,9-13)11-18/h2-5,13-14H,6-11H2,1H3/t13-,14+,18?,19?. The number of ether oxygens (including phenoxy) is 1. The van der Waals surface area contributed by atoms with E-state index in [0.29, 0.717) is 23.1 Å². The number of rotatable bonds is 3. The summed E-state index contributed by atoms with van der Waals surface area (Å²) in [6, 6.07) is 6.80. The lowest BCUT2D eigenvalue weighted by atomic mass is 9.49. The Bertz CT molecular complexity index is 650. The Labute approximate surface area is 141 Å². The van der Waals surface area contributed by atoms with Gasteiger partial charge in [0.2, 0.25) is 0 Å². The van der Waals surface area contributed by atoms with Gasteiger partial charge in [-0.2, -0.15) is 0 Å². The van der Waals surface area contributed by atoms with Crippen molar-refractivity contribution in [3.8, 4) is 5.75 Å². The molecule has 3 nitrogen and oxygen atoms in total. The van der Waals surface area contributed by atoms with Gasteiger partial charge in [-0.25, -0.2) is 0 Å². The van der Waals surface area contributed by atoms with E-state index >= 15 is 0 Å². The highest BCUT2D eigenvalue weighted by Gasteiger charge is 2.60. The second-order valence-corrected chi connectivity index (χ2v) is 8.66. The average molecular weight is 333 g/mol. The molecule has 0 aromatic heterocycles. The molecule has 0 radical (unpaired) electrons. The molecule has 4 aliphatic rings. The molecule has 2 unspecified atom stereocenters. The summed E-state index contributed by atoms with van der Waals surface area (Å²) in [6.45, 7) is 1.52. The van der Waals surface area contributed by atoms with Crippen LogP contribution in [0.3, 0.4) is 0 Å². The first-order valence-electron chi connectivity index (χ1n) is 8.40. The number of hydrogen-bond acceptors (Lipinski definition) is 3. The Balaban J connectivity index is 1.54. The molecule has 0 heterocycles. The van der Waals surface area contributed by atoms with Crippen LogP contribution in [0.5, 0.6) is 5.75 Å². The molecule has 4 atom stereocenters. The Morgan fingerprint density at radius 3 is 2.22 bits per heavy atom. The predicted molar refractivity (Wildman–Crippen MR) is 87.8 cm³/mol. The largest absolute Gasteiger partial charge is 0.426 e. The number of alkyl halides is 1. The lowest BCUT2D eigenvalue weighted by molar-refractivity contribution is -0.160. The number of benzene rings is 1. The zero-order valence-electron chi connectivity index (χ0n) is 13.3. The fourth-order valence-electron chi connectivity index (χ4n) is 5.36. The first-order chi connectivity index (χ1) is 10.9. The van der Waals surface area contributed by atoms with E-state index in [-0.39, 0.29) is 16.6 Å². The molecule has 23 heavy (non-hydrogen) atoms. The van der Waals surface area contributed by atoms with E-state index in [1.165, 1.54) is 13.3 Å². The van der Waals surface area contributed by atoms with Crippen molar-refractivity contribution in [1.29, 1.82) is 0 Å². The van der Waals surface area contributed by atoms with Gasteiger partial charge in [0.1, 0.15) is 5.75 Å². The van der Waals surface area contributed by atoms with Crippen LogP contribution in [0.25, 0.3) is 0 Å². The molecular formula is C19H21ClO3. The van der Waals surface area contributed by atoms with Gasteiger partial charge in [-0.3, -0.25) is 9.59 Å². The summed E-state index contributed by atoms with van der Waals surface area (Å²) in [7, 11) is 0. The normalized spacial score (nSPS) is 37.7. The van der Waals surface area contributed by atoms with E-state index < -0.39 is 5.41 Å². The molecule has 1 aromatic rings. The Kier molecular flexibility index (Phi) is 3.35. The van der Waals surface area contributed by atoms with Gasteiger partial charge < -0.3 is 4.74 Å². The minimum atomic E-state index is -0.398. The fourth-order valence-corrected chi connectivity index (χ4v) is 6.05. The second-order valence-electron chi connectivity index (χ2n) is 7.86. The molecule has 0 spiro atoms. The molecule has 0 aliphatic heterocycles. The van der Waals surface area contributed by atoms with Crippen molar-refractivity contribution in [2.24, 2.45) is 17.3 Å². The van der Waals surface area contributed by atoms with Gasteiger partial charge >= 0.3 is 5.97 Å². The maximum absolute atomic E-state index is 12.9. The van der Waals surface area contributed by atoms with Gasteiger partial charge in [0.15, 0.2) is 5.78 Å². The van der Waals surface area contributed by atoms with Crippen molar-refractivity contribution < 1.29 is 14.3 Å². The maximum atomic E-state index is 12.9. The summed E-state index contributed by atoms with van der Waals surface area (Å²) in [5.74, 6) is 1.53. The van der Waals surface area contributed by atoms with Crippen LogP contribution in [0.2, 0.25) is 0 Å². The molecule has 0 amide bonds. The van der Waals surface area contributed by atoms with Gasteiger partial charge in [-0.1, -0.05) is 0 Å². The first kappa shape index (κ1) is 15.2. The highest BCUT2D eigenvalue weighted by Crippen LogP contribution is 2.64. The minimum Gasteiger partial charge on any atom is -0.426 e. The Hall–Kier alpha value is -1.35. The van der Waals surface area contributed by atoms with Gasteiger partial charge in [-0.05, 0) is 81.5 Å². The molecule has 5 rings (SSSR count). The Morgan fingerprint density at radius 1 is 1.09 bits per heavy atom. The van der Waals surface area contributed by atoms with Crippen molar-refractivity contribution in [1.82, 2.24) is 0 Å². The first-order valence-corrected chi connectivity index (χ1v) is 8.78. The van der Waals surface area contributed by atoms with E-state index in [0.717, 1.165) is 32.1 Å². The summed E-state index contributed by atoms with van der Waals surface area (Å²) in [6.07, 6.45) is 5.90. The van der Waals surface area contributed by atoms with Crippen molar-refractivity contribution in [2.75, 3.05) is 0 Å². The third-order valence-electron chi connectivity index (χ3n) is 5.89.